The molecule has 4 aliphatic rings. The molecule has 3 aliphatic carbocycles. The predicted octanol–water partition coefficient (Wildman–Crippen LogP) is 5.06. The summed E-state index contributed by atoms with van der Waals surface area (Å²) in [6, 6.07) is 7.09. The molecule has 170 valence electrons. The zero-order valence-electron chi connectivity index (χ0n) is 19.5. The molecule has 31 heavy (non-hydrogen) atoms. The molecule has 5 rings (SSSR count). The number of hydrogen-bond donors (Lipinski definition) is 0. The van der Waals surface area contributed by atoms with Crippen molar-refractivity contribution in [1.82, 2.24) is 4.90 Å². The predicted molar refractivity (Wildman–Crippen MR) is 123 cm³/mol. The summed E-state index contributed by atoms with van der Waals surface area (Å²) in [4.78, 5) is 15.5. The lowest BCUT2D eigenvalue weighted by molar-refractivity contribution is -0.187. The molecule has 2 saturated carbocycles. The second-order valence-corrected chi connectivity index (χ2v) is 10.5. The number of rotatable bonds is 9. The van der Waals surface area contributed by atoms with Gasteiger partial charge in [0.2, 0.25) is 0 Å². The number of fused-ring (bicyclic) bond motifs is 1. The Bertz CT molecular complexity index is 819. The molecule has 0 N–H and O–H groups in total. The maximum atomic E-state index is 12.8. The third kappa shape index (κ3) is 3.64. The van der Waals surface area contributed by atoms with Gasteiger partial charge in [-0.25, -0.2) is 0 Å². The smallest absolute Gasteiger partial charge is 0.134 e. The molecule has 0 spiro atoms. The van der Waals surface area contributed by atoms with Crippen molar-refractivity contribution in [1.29, 1.82) is 0 Å². The molecule has 1 saturated heterocycles. The van der Waals surface area contributed by atoms with Gasteiger partial charge < -0.3 is 9.47 Å². The first-order chi connectivity index (χ1) is 15.1. The van der Waals surface area contributed by atoms with Gasteiger partial charge in [-0.3, -0.25) is 9.69 Å². The second-order valence-electron chi connectivity index (χ2n) is 10.5. The van der Waals surface area contributed by atoms with E-state index < -0.39 is 0 Å². The largest absolute Gasteiger partial charge is 0.494 e. The van der Waals surface area contributed by atoms with Gasteiger partial charge in [0.15, 0.2) is 0 Å². The number of carbonyl (C=O) groups excluding carboxylic acids is 1. The van der Waals surface area contributed by atoms with Crippen LogP contribution in [-0.4, -0.2) is 49.1 Å². The zero-order chi connectivity index (χ0) is 21.5. The van der Waals surface area contributed by atoms with Crippen molar-refractivity contribution in [3.8, 4) is 5.75 Å². The molecule has 4 nitrogen and oxygen atoms in total. The molecular formula is C27H39NO3. The van der Waals surface area contributed by atoms with Gasteiger partial charge >= 0.3 is 0 Å². The Morgan fingerprint density at radius 2 is 2.03 bits per heavy atom. The van der Waals surface area contributed by atoms with Crippen LogP contribution < -0.4 is 4.74 Å². The maximum absolute atomic E-state index is 12.8. The van der Waals surface area contributed by atoms with Gasteiger partial charge in [-0.15, -0.1) is 0 Å². The molecule has 1 unspecified atom stereocenters. The molecule has 3 atom stereocenters. The third-order valence-corrected chi connectivity index (χ3v) is 8.72. The number of unbranched alkanes of at least 4 members (excludes halogenated alkanes) is 3. The van der Waals surface area contributed by atoms with Gasteiger partial charge in [-0.1, -0.05) is 32.3 Å². The minimum Gasteiger partial charge on any atom is -0.494 e. The van der Waals surface area contributed by atoms with E-state index in [4.69, 9.17) is 9.47 Å². The quantitative estimate of drug-likeness (QED) is 0.518. The highest BCUT2D eigenvalue weighted by molar-refractivity contribution is 5.82. The summed E-state index contributed by atoms with van der Waals surface area (Å²) in [6.07, 6.45) is 11.8. The van der Waals surface area contributed by atoms with Crippen LogP contribution in [0.4, 0.5) is 0 Å². The number of likely N-dealkylation sites (tertiary alicyclic amines) is 1. The Kier molecular flexibility index (Phi) is 5.89. The molecule has 0 aromatic heterocycles. The minimum atomic E-state index is -0.249. The fraction of sp³-hybridized carbons (Fsp3) is 0.741. The van der Waals surface area contributed by atoms with Crippen molar-refractivity contribution in [2.45, 2.75) is 94.6 Å². The Morgan fingerprint density at radius 1 is 1.16 bits per heavy atom. The molecule has 1 aromatic carbocycles. The molecule has 4 heteroatoms. The highest BCUT2D eigenvalue weighted by Gasteiger charge is 2.66. The summed E-state index contributed by atoms with van der Waals surface area (Å²) in [5.41, 5.74) is 2.31. The number of benzene rings is 1. The van der Waals surface area contributed by atoms with Crippen LogP contribution >= 0.6 is 0 Å². The third-order valence-electron chi connectivity index (χ3n) is 8.72. The van der Waals surface area contributed by atoms with E-state index in [1.165, 1.54) is 49.8 Å². The summed E-state index contributed by atoms with van der Waals surface area (Å²) in [5, 5.41) is 0. The monoisotopic (exact) mass is 425 g/mol. The SMILES string of the molecule is CCCCCCOc1ccc2c(c1)[C@]13CCN(CC4CC4)C(C2)[C@]1(OC)CCC(=O)C3. The van der Waals surface area contributed by atoms with Crippen LogP contribution in [0.15, 0.2) is 18.2 Å². The van der Waals surface area contributed by atoms with Gasteiger partial charge in [0, 0.05) is 38.0 Å². The number of carbonyl (C=O) groups is 1. The van der Waals surface area contributed by atoms with Crippen molar-refractivity contribution in [2.24, 2.45) is 5.92 Å². The van der Waals surface area contributed by atoms with Crippen LogP contribution in [0, 0.1) is 5.92 Å². The van der Waals surface area contributed by atoms with Gasteiger partial charge in [0.1, 0.15) is 11.5 Å². The number of piperidine rings is 1. The van der Waals surface area contributed by atoms with Crippen molar-refractivity contribution >= 4 is 5.78 Å². The number of ketones is 1. The summed E-state index contributed by atoms with van der Waals surface area (Å²) in [6.45, 7) is 5.30. The van der Waals surface area contributed by atoms with Gasteiger partial charge in [0.05, 0.1) is 12.2 Å². The van der Waals surface area contributed by atoms with Gasteiger partial charge in [-0.2, -0.15) is 0 Å². The van der Waals surface area contributed by atoms with Crippen molar-refractivity contribution in [3.05, 3.63) is 29.3 Å². The van der Waals surface area contributed by atoms with Crippen molar-refractivity contribution in [3.63, 3.8) is 0 Å². The van der Waals surface area contributed by atoms with E-state index in [-0.39, 0.29) is 11.0 Å². The second kappa shape index (κ2) is 8.51. The molecular weight excluding hydrogens is 386 g/mol. The topological polar surface area (TPSA) is 38.8 Å². The average Bonchev–Trinajstić information content (AvgIpc) is 3.60. The Balaban J connectivity index is 1.47. The summed E-state index contributed by atoms with van der Waals surface area (Å²) < 4.78 is 12.7. The number of Topliss-reactive ketones (excluding diaryl/α,β-unsaturated/α-hetero) is 1. The van der Waals surface area contributed by atoms with E-state index >= 15 is 0 Å². The first-order valence-corrected chi connectivity index (χ1v) is 12.7. The number of hydrogen-bond acceptors (Lipinski definition) is 4. The number of ether oxygens (including phenoxy) is 2. The van der Waals surface area contributed by atoms with E-state index in [2.05, 4.69) is 30.0 Å². The van der Waals surface area contributed by atoms with Gasteiger partial charge in [0.25, 0.3) is 0 Å². The van der Waals surface area contributed by atoms with E-state index in [0.29, 0.717) is 24.7 Å². The van der Waals surface area contributed by atoms with Crippen molar-refractivity contribution in [2.75, 3.05) is 26.8 Å². The lowest BCUT2D eigenvalue weighted by atomic mass is 9.49. The minimum absolute atomic E-state index is 0.197. The summed E-state index contributed by atoms with van der Waals surface area (Å²) >= 11 is 0. The van der Waals surface area contributed by atoms with Crippen LogP contribution in [-0.2, 0) is 21.4 Å². The number of nitrogens with zero attached hydrogens (tertiary/aromatic N) is 1. The van der Waals surface area contributed by atoms with E-state index in [9.17, 15) is 4.79 Å². The molecule has 3 fully saturated rings. The van der Waals surface area contributed by atoms with Crippen LogP contribution in [0.25, 0.3) is 0 Å². The fourth-order valence-corrected chi connectivity index (χ4v) is 6.94. The van der Waals surface area contributed by atoms with Crippen LogP contribution in [0.3, 0.4) is 0 Å². The first-order valence-electron chi connectivity index (χ1n) is 12.7. The zero-order valence-corrected chi connectivity index (χ0v) is 19.5. The highest BCUT2D eigenvalue weighted by atomic mass is 16.5. The first kappa shape index (κ1) is 21.5. The Morgan fingerprint density at radius 3 is 2.81 bits per heavy atom. The Hall–Kier alpha value is -1.39. The average molecular weight is 426 g/mol. The molecule has 1 aliphatic heterocycles. The van der Waals surface area contributed by atoms with Crippen molar-refractivity contribution < 1.29 is 14.3 Å². The lowest BCUT2D eigenvalue weighted by Crippen LogP contribution is -2.74. The molecule has 0 radical (unpaired) electrons. The van der Waals surface area contributed by atoms with E-state index in [1.54, 1.807) is 0 Å². The van der Waals surface area contributed by atoms with Gasteiger partial charge in [-0.05, 0) is 74.2 Å². The summed E-state index contributed by atoms with van der Waals surface area (Å²) in [5.74, 6) is 2.24. The van der Waals surface area contributed by atoms with E-state index in [1.807, 2.05) is 7.11 Å². The standard InChI is InChI=1S/C27H39NO3/c1-3-4-5-6-15-31-23-10-9-21-16-25-27(30-2)12-11-22(29)18-26(27,24(21)17-23)13-14-28(25)19-20-7-8-20/h9-10,17,20,25H,3-8,11-16,18-19H2,1-2H3/t25?,26-,27-/m1/s1. The number of methoxy groups -OCH3 is 1. The van der Waals surface area contributed by atoms with Crippen LogP contribution in [0.1, 0.15) is 82.3 Å². The van der Waals surface area contributed by atoms with E-state index in [0.717, 1.165) is 50.5 Å². The van der Waals surface area contributed by atoms with Crippen LogP contribution in [0.5, 0.6) is 5.75 Å². The van der Waals surface area contributed by atoms with Crippen LogP contribution in [0.2, 0.25) is 0 Å². The maximum Gasteiger partial charge on any atom is 0.134 e. The lowest BCUT2D eigenvalue weighted by Gasteiger charge is -2.65. The molecule has 0 amide bonds. The summed E-state index contributed by atoms with van der Waals surface area (Å²) in [7, 11) is 1.90. The Labute approximate surface area is 187 Å². The molecule has 1 aromatic rings. The fourth-order valence-electron chi connectivity index (χ4n) is 6.94. The highest BCUT2D eigenvalue weighted by Crippen LogP contribution is 2.59. The molecule has 1 heterocycles. The molecule has 2 bridgehead atoms. The normalized spacial score (nSPS) is 32.5.